The number of hydrogen-bond acceptors (Lipinski definition) is 3. The second-order valence-corrected chi connectivity index (χ2v) is 8.44. The van der Waals surface area contributed by atoms with Crippen molar-refractivity contribution in [3.05, 3.63) is 34.3 Å². The molecule has 0 saturated carbocycles. The van der Waals surface area contributed by atoms with E-state index in [1.165, 1.54) is 34.4 Å². The molecule has 3 rings (SSSR count). The summed E-state index contributed by atoms with van der Waals surface area (Å²) in [5.41, 5.74) is 8.02. The first kappa shape index (κ1) is 15.9. The fourth-order valence-electron chi connectivity index (χ4n) is 3.61. The van der Waals surface area contributed by atoms with Crippen molar-refractivity contribution in [3.63, 3.8) is 0 Å². The Kier molecular flexibility index (Phi) is 5.31. The van der Waals surface area contributed by atoms with Crippen LogP contribution in [0, 0.1) is 5.92 Å². The molecule has 4 heteroatoms. The summed E-state index contributed by atoms with van der Waals surface area (Å²) < 4.78 is 7.36. The lowest BCUT2D eigenvalue weighted by Gasteiger charge is -2.44. The van der Waals surface area contributed by atoms with Crippen molar-refractivity contribution < 1.29 is 4.74 Å². The number of benzene rings is 1. The van der Waals surface area contributed by atoms with Crippen LogP contribution < -0.4 is 5.73 Å². The minimum absolute atomic E-state index is 0.139. The maximum absolute atomic E-state index is 6.56. The van der Waals surface area contributed by atoms with Crippen LogP contribution in [0.3, 0.4) is 0 Å². The molecule has 0 aliphatic carbocycles. The van der Waals surface area contributed by atoms with Crippen molar-refractivity contribution in [3.8, 4) is 0 Å². The fourth-order valence-corrected chi connectivity index (χ4v) is 5.29. The first-order chi connectivity index (χ1) is 10.2. The van der Waals surface area contributed by atoms with Crippen LogP contribution in [0.4, 0.5) is 0 Å². The lowest BCUT2D eigenvalue weighted by Crippen LogP contribution is -2.47. The SMILES string of the molecule is NC(Cc1ccccc1Br)C1CCOC2(CCSCC2)C1. The summed E-state index contributed by atoms with van der Waals surface area (Å²) in [7, 11) is 0. The molecular formula is C17H24BrNOS. The minimum Gasteiger partial charge on any atom is -0.375 e. The summed E-state index contributed by atoms with van der Waals surface area (Å²) in [4.78, 5) is 0. The highest BCUT2D eigenvalue weighted by molar-refractivity contribution is 9.10. The Hall–Kier alpha value is -0.0300. The van der Waals surface area contributed by atoms with Gasteiger partial charge in [-0.3, -0.25) is 0 Å². The molecule has 2 unspecified atom stereocenters. The highest BCUT2D eigenvalue weighted by atomic mass is 79.9. The predicted molar refractivity (Wildman–Crippen MR) is 93.8 cm³/mol. The number of thioether (sulfide) groups is 1. The Morgan fingerprint density at radius 2 is 2.10 bits per heavy atom. The Morgan fingerprint density at radius 3 is 2.86 bits per heavy atom. The molecule has 2 fully saturated rings. The van der Waals surface area contributed by atoms with Gasteiger partial charge in [-0.2, -0.15) is 11.8 Å². The molecule has 116 valence electrons. The van der Waals surface area contributed by atoms with Crippen LogP contribution in [-0.2, 0) is 11.2 Å². The van der Waals surface area contributed by atoms with Crippen molar-refractivity contribution in [2.75, 3.05) is 18.1 Å². The summed E-state index contributed by atoms with van der Waals surface area (Å²) in [5.74, 6) is 3.08. The van der Waals surface area contributed by atoms with Crippen LogP contribution in [0.5, 0.6) is 0 Å². The van der Waals surface area contributed by atoms with E-state index in [0.717, 1.165) is 25.9 Å². The predicted octanol–water partition coefficient (Wildman–Crippen LogP) is 4.01. The standard InChI is InChI=1S/C17H24BrNOS/c18-15-4-2-1-3-13(15)11-16(19)14-5-8-20-17(12-14)6-9-21-10-7-17/h1-4,14,16H,5-12,19H2. The van der Waals surface area contributed by atoms with Crippen LogP contribution >= 0.6 is 27.7 Å². The molecule has 0 radical (unpaired) electrons. The van der Waals surface area contributed by atoms with Crippen LogP contribution in [0.15, 0.2) is 28.7 Å². The Morgan fingerprint density at radius 1 is 1.33 bits per heavy atom. The van der Waals surface area contributed by atoms with Crippen molar-refractivity contribution >= 4 is 27.7 Å². The van der Waals surface area contributed by atoms with Gasteiger partial charge in [-0.05, 0) is 61.2 Å². The molecule has 21 heavy (non-hydrogen) atoms. The summed E-state index contributed by atoms with van der Waals surface area (Å²) in [5, 5.41) is 0. The number of ether oxygens (including phenoxy) is 1. The third-order valence-electron chi connectivity index (χ3n) is 4.95. The summed E-state index contributed by atoms with van der Waals surface area (Å²) in [6, 6.07) is 8.67. The second kappa shape index (κ2) is 7.03. The Bertz CT molecular complexity index is 470. The third kappa shape index (κ3) is 3.84. The van der Waals surface area contributed by atoms with Crippen LogP contribution in [0.2, 0.25) is 0 Å². The van der Waals surface area contributed by atoms with Crippen molar-refractivity contribution in [2.45, 2.75) is 43.7 Å². The largest absolute Gasteiger partial charge is 0.375 e. The second-order valence-electron chi connectivity index (χ2n) is 6.36. The van der Waals surface area contributed by atoms with Gasteiger partial charge in [0.2, 0.25) is 0 Å². The van der Waals surface area contributed by atoms with E-state index in [1.54, 1.807) is 0 Å². The van der Waals surface area contributed by atoms with E-state index in [1.807, 2.05) is 0 Å². The van der Waals surface area contributed by atoms with Gasteiger partial charge in [0.05, 0.1) is 5.60 Å². The van der Waals surface area contributed by atoms with Gasteiger partial charge in [-0.25, -0.2) is 0 Å². The van der Waals surface area contributed by atoms with E-state index in [2.05, 4.69) is 52.0 Å². The summed E-state index contributed by atoms with van der Waals surface area (Å²) in [6.45, 7) is 0.888. The molecule has 2 heterocycles. The molecule has 1 aromatic rings. The van der Waals surface area contributed by atoms with E-state index in [9.17, 15) is 0 Å². The highest BCUT2D eigenvalue weighted by Gasteiger charge is 2.40. The van der Waals surface area contributed by atoms with Crippen LogP contribution in [0.1, 0.15) is 31.2 Å². The molecule has 1 spiro atoms. The van der Waals surface area contributed by atoms with Gasteiger partial charge >= 0.3 is 0 Å². The summed E-state index contributed by atoms with van der Waals surface area (Å²) in [6.07, 6.45) is 5.63. The van der Waals surface area contributed by atoms with Crippen molar-refractivity contribution in [1.82, 2.24) is 0 Å². The molecule has 2 aliphatic rings. The fraction of sp³-hybridized carbons (Fsp3) is 0.647. The van der Waals surface area contributed by atoms with E-state index in [4.69, 9.17) is 10.5 Å². The molecule has 1 aromatic carbocycles. The van der Waals surface area contributed by atoms with E-state index >= 15 is 0 Å². The molecule has 0 amide bonds. The Labute approximate surface area is 140 Å². The number of halogens is 1. The molecule has 2 N–H and O–H groups in total. The average Bonchev–Trinajstić information content (AvgIpc) is 2.50. The first-order valence-corrected chi connectivity index (χ1v) is 9.84. The molecule has 0 bridgehead atoms. The van der Waals surface area contributed by atoms with Gasteiger partial charge in [0, 0.05) is 17.1 Å². The van der Waals surface area contributed by atoms with E-state index in [-0.39, 0.29) is 11.6 Å². The molecule has 2 aliphatic heterocycles. The zero-order chi connectivity index (χ0) is 14.7. The lowest BCUT2D eigenvalue weighted by molar-refractivity contribution is -0.105. The average molecular weight is 370 g/mol. The smallest absolute Gasteiger partial charge is 0.0701 e. The normalized spacial score (nSPS) is 26.7. The van der Waals surface area contributed by atoms with Crippen LogP contribution in [0.25, 0.3) is 0 Å². The topological polar surface area (TPSA) is 35.2 Å². The zero-order valence-corrected chi connectivity index (χ0v) is 14.8. The van der Waals surface area contributed by atoms with Crippen molar-refractivity contribution in [2.24, 2.45) is 11.7 Å². The van der Waals surface area contributed by atoms with Gasteiger partial charge in [0.15, 0.2) is 0 Å². The zero-order valence-electron chi connectivity index (χ0n) is 12.4. The third-order valence-corrected chi connectivity index (χ3v) is 6.71. The van der Waals surface area contributed by atoms with E-state index < -0.39 is 0 Å². The maximum Gasteiger partial charge on any atom is 0.0701 e. The quantitative estimate of drug-likeness (QED) is 0.873. The van der Waals surface area contributed by atoms with Gasteiger partial charge in [0.25, 0.3) is 0 Å². The molecule has 0 aromatic heterocycles. The van der Waals surface area contributed by atoms with Gasteiger partial charge in [0.1, 0.15) is 0 Å². The molecule has 2 atom stereocenters. The maximum atomic E-state index is 6.56. The first-order valence-electron chi connectivity index (χ1n) is 7.89. The van der Waals surface area contributed by atoms with Gasteiger partial charge in [-0.1, -0.05) is 34.1 Å². The lowest BCUT2D eigenvalue weighted by atomic mass is 9.77. The van der Waals surface area contributed by atoms with E-state index in [0.29, 0.717) is 5.92 Å². The highest BCUT2D eigenvalue weighted by Crippen LogP contribution is 2.40. The molecule has 2 nitrogen and oxygen atoms in total. The van der Waals surface area contributed by atoms with Crippen molar-refractivity contribution in [1.29, 1.82) is 0 Å². The van der Waals surface area contributed by atoms with Gasteiger partial charge < -0.3 is 10.5 Å². The van der Waals surface area contributed by atoms with Gasteiger partial charge in [-0.15, -0.1) is 0 Å². The van der Waals surface area contributed by atoms with Crippen LogP contribution in [-0.4, -0.2) is 29.8 Å². The monoisotopic (exact) mass is 369 g/mol. The number of nitrogens with two attached hydrogens (primary N) is 1. The number of rotatable bonds is 3. The summed E-state index contributed by atoms with van der Waals surface area (Å²) >= 11 is 5.70. The molecular weight excluding hydrogens is 346 g/mol. The number of hydrogen-bond donors (Lipinski definition) is 1. The molecule has 2 saturated heterocycles. The Balaban J connectivity index is 1.64. The minimum atomic E-state index is 0.139.